The maximum atomic E-state index is 13.2. The number of pyridine rings is 1. The Bertz CT molecular complexity index is 1100. The number of methoxy groups -OCH3 is 1. The molecule has 0 aliphatic rings. The van der Waals surface area contributed by atoms with Crippen molar-refractivity contribution in [2.75, 3.05) is 39.2 Å². The van der Waals surface area contributed by atoms with E-state index in [9.17, 15) is 14.3 Å². The molecule has 0 unspecified atom stereocenters. The summed E-state index contributed by atoms with van der Waals surface area (Å²) in [5.41, 5.74) is 3.69. The highest BCUT2D eigenvalue weighted by Crippen LogP contribution is 2.19. The van der Waals surface area contributed by atoms with Crippen LogP contribution in [-0.4, -0.2) is 71.9 Å². The predicted octanol–water partition coefficient (Wildman–Crippen LogP) is 4.89. The predicted molar refractivity (Wildman–Crippen MR) is 145 cm³/mol. The molecule has 198 valence electrons. The number of aliphatic hydroxyl groups excluding tert-OH is 1. The SMILES string of the molecule is CO[C@H](CN(C)Cc1ccc(-c2ccccn2)cc1)[C@@H](C)CN(C(=O)Nc1ccc(F)cc1)[C@H](C)CO. The lowest BCUT2D eigenvalue weighted by Gasteiger charge is -2.34. The first-order valence-electron chi connectivity index (χ1n) is 12.5. The summed E-state index contributed by atoms with van der Waals surface area (Å²) < 4.78 is 19.0. The normalized spacial score (nSPS) is 13.7. The number of halogens is 1. The van der Waals surface area contributed by atoms with E-state index in [2.05, 4.69) is 39.5 Å². The molecule has 0 radical (unpaired) electrons. The fourth-order valence-electron chi connectivity index (χ4n) is 4.20. The lowest BCUT2D eigenvalue weighted by molar-refractivity contribution is 0.0177. The number of ether oxygens (including phenoxy) is 1. The van der Waals surface area contributed by atoms with Crippen LogP contribution < -0.4 is 5.32 Å². The monoisotopic (exact) mass is 508 g/mol. The van der Waals surface area contributed by atoms with Gasteiger partial charge in [0.25, 0.3) is 0 Å². The summed E-state index contributed by atoms with van der Waals surface area (Å²) in [6, 6.07) is 19.1. The van der Waals surface area contributed by atoms with Gasteiger partial charge in [0.2, 0.25) is 0 Å². The van der Waals surface area contributed by atoms with E-state index in [1.54, 1.807) is 25.1 Å². The topological polar surface area (TPSA) is 77.9 Å². The summed E-state index contributed by atoms with van der Waals surface area (Å²) in [5, 5.41) is 12.5. The van der Waals surface area contributed by atoms with E-state index in [1.165, 1.54) is 29.8 Å². The molecule has 0 fully saturated rings. The Labute approximate surface area is 218 Å². The lowest BCUT2D eigenvalue weighted by Crippen LogP contribution is -2.48. The third-order valence-corrected chi connectivity index (χ3v) is 6.43. The van der Waals surface area contributed by atoms with Gasteiger partial charge in [0.1, 0.15) is 5.82 Å². The van der Waals surface area contributed by atoms with Gasteiger partial charge in [-0.05, 0) is 55.9 Å². The van der Waals surface area contributed by atoms with Gasteiger partial charge >= 0.3 is 6.03 Å². The first-order chi connectivity index (χ1) is 17.8. The summed E-state index contributed by atoms with van der Waals surface area (Å²) in [4.78, 5) is 21.2. The lowest BCUT2D eigenvalue weighted by atomic mass is 10.0. The second kappa shape index (κ2) is 13.8. The average molecular weight is 509 g/mol. The maximum absolute atomic E-state index is 13.2. The molecule has 3 rings (SSSR count). The third kappa shape index (κ3) is 8.35. The third-order valence-electron chi connectivity index (χ3n) is 6.43. The minimum atomic E-state index is -0.393. The molecule has 2 aromatic carbocycles. The molecule has 3 atom stereocenters. The zero-order valence-electron chi connectivity index (χ0n) is 22.0. The molecule has 3 aromatic rings. The van der Waals surface area contributed by atoms with Crippen molar-refractivity contribution in [1.29, 1.82) is 0 Å². The van der Waals surface area contributed by atoms with Crippen molar-refractivity contribution in [2.24, 2.45) is 5.92 Å². The summed E-state index contributed by atoms with van der Waals surface area (Å²) in [6.07, 6.45) is 1.66. The number of nitrogens with one attached hydrogen (secondary N) is 1. The van der Waals surface area contributed by atoms with Crippen LogP contribution in [0.25, 0.3) is 11.3 Å². The molecule has 0 saturated carbocycles. The number of hydrogen-bond acceptors (Lipinski definition) is 5. The van der Waals surface area contributed by atoms with Crippen LogP contribution in [0.5, 0.6) is 0 Å². The van der Waals surface area contributed by atoms with Gasteiger partial charge in [-0.1, -0.05) is 37.3 Å². The van der Waals surface area contributed by atoms with Gasteiger partial charge in [0, 0.05) is 50.1 Å². The highest BCUT2D eigenvalue weighted by Gasteiger charge is 2.27. The number of hydrogen-bond donors (Lipinski definition) is 2. The molecule has 8 heteroatoms. The van der Waals surface area contributed by atoms with Crippen molar-refractivity contribution >= 4 is 11.7 Å². The Morgan fingerprint density at radius 1 is 1.05 bits per heavy atom. The van der Waals surface area contributed by atoms with Gasteiger partial charge in [0.05, 0.1) is 24.4 Å². The largest absolute Gasteiger partial charge is 0.394 e. The molecule has 7 nitrogen and oxygen atoms in total. The van der Waals surface area contributed by atoms with Gasteiger partial charge in [-0.3, -0.25) is 9.88 Å². The second-order valence-corrected chi connectivity index (χ2v) is 9.48. The van der Waals surface area contributed by atoms with E-state index in [-0.39, 0.29) is 30.5 Å². The first-order valence-corrected chi connectivity index (χ1v) is 12.5. The van der Waals surface area contributed by atoms with Crippen LogP contribution in [0, 0.1) is 11.7 Å². The summed E-state index contributed by atoms with van der Waals surface area (Å²) in [7, 11) is 3.72. The first kappa shape index (κ1) is 28.2. The fraction of sp³-hybridized carbons (Fsp3) is 0.379. The molecule has 2 N–H and O–H groups in total. The van der Waals surface area contributed by atoms with Crippen LogP contribution in [0.3, 0.4) is 0 Å². The van der Waals surface area contributed by atoms with Gasteiger partial charge in [-0.25, -0.2) is 9.18 Å². The van der Waals surface area contributed by atoms with E-state index in [4.69, 9.17) is 4.74 Å². The van der Waals surface area contributed by atoms with Crippen LogP contribution in [0.2, 0.25) is 0 Å². The van der Waals surface area contributed by atoms with E-state index in [0.717, 1.165) is 17.8 Å². The van der Waals surface area contributed by atoms with Crippen molar-refractivity contribution in [1.82, 2.24) is 14.8 Å². The molecule has 0 spiro atoms. The number of benzene rings is 2. The van der Waals surface area contributed by atoms with Crippen molar-refractivity contribution in [3.8, 4) is 11.3 Å². The highest BCUT2D eigenvalue weighted by molar-refractivity contribution is 5.89. The number of amides is 2. The smallest absolute Gasteiger partial charge is 0.322 e. The minimum Gasteiger partial charge on any atom is -0.394 e. The van der Waals surface area contributed by atoms with Gasteiger partial charge in [-0.2, -0.15) is 0 Å². The fourth-order valence-corrected chi connectivity index (χ4v) is 4.20. The van der Waals surface area contributed by atoms with Gasteiger partial charge in [0.15, 0.2) is 0 Å². The van der Waals surface area contributed by atoms with Crippen molar-refractivity contribution < 1.29 is 19.0 Å². The number of rotatable bonds is 12. The summed E-state index contributed by atoms with van der Waals surface area (Å²) in [6.45, 7) is 5.46. The quantitative estimate of drug-likeness (QED) is 0.364. The number of likely N-dealkylation sites (N-methyl/N-ethyl adjacent to an activating group) is 1. The van der Waals surface area contributed by atoms with Gasteiger partial charge < -0.3 is 20.1 Å². The highest BCUT2D eigenvalue weighted by atomic mass is 19.1. The van der Waals surface area contributed by atoms with Crippen LogP contribution in [0.4, 0.5) is 14.9 Å². The molecule has 2 amide bonds. The molecule has 37 heavy (non-hydrogen) atoms. The average Bonchev–Trinajstić information content (AvgIpc) is 2.92. The number of nitrogens with zero attached hydrogens (tertiary/aromatic N) is 3. The Kier molecular flexibility index (Phi) is 10.6. The second-order valence-electron chi connectivity index (χ2n) is 9.48. The van der Waals surface area contributed by atoms with E-state index < -0.39 is 6.04 Å². The molecule has 1 aromatic heterocycles. The zero-order valence-corrected chi connectivity index (χ0v) is 22.0. The van der Waals surface area contributed by atoms with Crippen molar-refractivity contribution in [3.05, 3.63) is 84.3 Å². The number of urea groups is 1. The van der Waals surface area contributed by atoms with Crippen LogP contribution in [0.1, 0.15) is 19.4 Å². The Morgan fingerprint density at radius 2 is 1.76 bits per heavy atom. The Morgan fingerprint density at radius 3 is 2.35 bits per heavy atom. The van der Waals surface area contributed by atoms with E-state index >= 15 is 0 Å². The summed E-state index contributed by atoms with van der Waals surface area (Å²) in [5.74, 6) is -0.379. The van der Waals surface area contributed by atoms with Crippen molar-refractivity contribution in [3.63, 3.8) is 0 Å². The summed E-state index contributed by atoms with van der Waals surface area (Å²) >= 11 is 0. The number of aromatic nitrogens is 1. The van der Waals surface area contributed by atoms with E-state index in [0.29, 0.717) is 18.8 Å². The zero-order chi connectivity index (χ0) is 26.8. The number of aliphatic hydroxyl groups is 1. The Balaban J connectivity index is 1.59. The minimum absolute atomic E-state index is 0.00745. The number of carbonyl (C=O) groups is 1. The van der Waals surface area contributed by atoms with Crippen LogP contribution in [0.15, 0.2) is 72.9 Å². The molecule has 0 aliphatic carbocycles. The number of carbonyl (C=O) groups excluding carboxylic acids is 1. The Hall–Kier alpha value is -3.33. The molecule has 0 bridgehead atoms. The van der Waals surface area contributed by atoms with Gasteiger partial charge in [-0.15, -0.1) is 0 Å². The standard InChI is InChI=1S/C29H37FN4O3/c1-21(17-34(22(2)20-35)29(36)32-26-14-12-25(30)13-15-26)28(37-4)19-33(3)18-23-8-10-24(11-9-23)27-7-5-6-16-31-27/h5-16,21-22,28,35H,17-20H2,1-4H3,(H,32,36)/t21-,22+,28+/m0/s1. The number of anilines is 1. The molecular weight excluding hydrogens is 471 g/mol. The van der Waals surface area contributed by atoms with Crippen LogP contribution in [-0.2, 0) is 11.3 Å². The maximum Gasteiger partial charge on any atom is 0.322 e. The van der Waals surface area contributed by atoms with Crippen LogP contribution >= 0.6 is 0 Å². The molecule has 0 aliphatic heterocycles. The molecule has 1 heterocycles. The molecular formula is C29H37FN4O3. The van der Waals surface area contributed by atoms with E-state index in [1.807, 2.05) is 32.2 Å². The van der Waals surface area contributed by atoms with Crippen molar-refractivity contribution in [2.45, 2.75) is 32.5 Å². The molecule has 0 saturated heterocycles.